The Kier molecular flexibility index (Phi) is 6.30. The second-order valence-corrected chi connectivity index (χ2v) is 9.92. The van der Waals surface area contributed by atoms with Crippen LogP contribution in [0.15, 0.2) is 60.9 Å². The van der Waals surface area contributed by atoms with Gasteiger partial charge in [0.15, 0.2) is 0 Å². The van der Waals surface area contributed by atoms with E-state index in [1.165, 1.54) is 31.5 Å². The number of rotatable bonds is 3. The molecule has 3 heterocycles. The minimum atomic E-state index is -0.644. The lowest BCUT2D eigenvalue weighted by Gasteiger charge is -2.17. The summed E-state index contributed by atoms with van der Waals surface area (Å²) < 4.78 is 33.3. The molecule has 1 aliphatic heterocycles. The summed E-state index contributed by atoms with van der Waals surface area (Å²) in [5.74, 6) is -0.339. The number of benzene rings is 2. The first kappa shape index (κ1) is 24.7. The average Bonchev–Trinajstić information content (AvgIpc) is 3.45. The molecular formula is C29H25F2N5O3. The Hall–Kier alpha value is -4.60. The zero-order valence-electron chi connectivity index (χ0n) is 21.0. The van der Waals surface area contributed by atoms with E-state index in [4.69, 9.17) is 0 Å². The van der Waals surface area contributed by atoms with E-state index in [9.17, 15) is 18.4 Å². The number of hydrogen-bond acceptors (Lipinski definition) is 5. The van der Waals surface area contributed by atoms with Gasteiger partial charge in [-0.05, 0) is 61.1 Å². The van der Waals surface area contributed by atoms with Crippen LogP contribution in [-0.2, 0) is 9.53 Å². The number of carbonyl (C=O) groups is 2. The molecule has 8 nitrogen and oxygen atoms in total. The van der Waals surface area contributed by atoms with Gasteiger partial charge in [-0.3, -0.25) is 15.1 Å². The SMILES string of the molecule is COC(=O)Nc1ccc2c(c1)NC(=O)CC1CC1CC(c1ccc(-c3c(F)cccc3F)cn1)c1ncc-2[nH]1. The molecule has 2 aromatic heterocycles. The van der Waals surface area contributed by atoms with Crippen LogP contribution in [0.4, 0.5) is 25.0 Å². The van der Waals surface area contributed by atoms with Crippen LogP contribution in [0, 0.1) is 23.5 Å². The van der Waals surface area contributed by atoms with Gasteiger partial charge in [0, 0.05) is 29.4 Å². The number of anilines is 2. The molecule has 0 saturated heterocycles. The third-order valence-corrected chi connectivity index (χ3v) is 7.39. The smallest absolute Gasteiger partial charge is 0.411 e. The van der Waals surface area contributed by atoms with Crippen LogP contribution in [0.1, 0.15) is 36.7 Å². The highest BCUT2D eigenvalue weighted by Gasteiger charge is 2.41. The molecule has 198 valence electrons. The summed E-state index contributed by atoms with van der Waals surface area (Å²) in [6.07, 6.45) is 4.60. The fraction of sp³-hybridized carbons (Fsp3) is 0.241. The standard InChI is InChI=1S/C29H25F2N5O3/c1-39-29(38)34-18-6-7-19-24(12-18)35-26(37)11-17-9-16(17)10-20(28-33-14-25(19)36-28)23-8-5-15(13-32-23)27-21(30)3-2-4-22(27)31/h2-8,12-14,16-17,20H,9-11H2,1H3,(H,33,36)(H,34,38)(H,35,37). The molecule has 2 aliphatic rings. The number of amides is 2. The van der Waals surface area contributed by atoms with Crippen molar-refractivity contribution >= 4 is 23.4 Å². The van der Waals surface area contributed by atoms with Crippen LogP contribution in [0.3, 0.4) is 0 Å². The van der Waals surface area contributed by atoms with Gasteiger partial charge < -0.3 is 15.0 Å². The quantitative estimate of drug-likeness (QED) is 0.297. The molecule has 1 aliphatic carbocycles. The Morgan fingerprint density at radius 1 is 1.03 bits per heavy atom. The number of carbonyl (C=O) groups excluding carboxylic acids is 2. The van der Waals surface area contributed by atoms with Crippen molar-refractivity contribution in [3.8, 4) is 22.4 Å². The largest absolute Gasteiger partial charge is 0.453 e. The Morgan fingerprint density at radius 2 is 1.85 bits per heavy atom. The number of pyridine rings is 1. The third kappa shape index (κ3) is 4.97. The summed E-state index contributed by atoms with van der Waals surface area (Å²) in [6.45, 7) is 0. The number of aromatic nitrogens is 3. The minimum absolute atomic E-state index is 0.106. The van der Waals surface area contributed by atoms with Crippen LogP contribution in [-0.4, -0.2) is 34.1 Å². The van der Waals surface area contributed by atoms with Gasteiger partial charge in [-0.15, -0.1) is 0 Å². The number of halogens is 2. The first-order valence-corrected chi connectivity index (χ1v) is 12.6. The van der Waals surface area contributed by atoms with E-state index in [-0.39, 0.29) is 23.3 Å². The van der Waals surface area contributed by atoms with E-state index < -0.39 is 17.7 Å². The molecule has 1 saturated carbocycles. The van der Waals surface area contributed by atoms with Crippen LogP contribution in [0.2, 0.25) is 0 Å². The molecule has 0 radical (unpaired) electrons. The molecule has 3 N–H and O–H groups in total. The first-order chi connectivity index (χ1) is 18.9. The van der Waals surface area contributed by atoms with Crippen molar-refractivity contribution in [1.29, 1.82) is 0 Å². The summed E-state index contributed by atoms with van der Waals surface area (Å²) in [6, 6.07) is 12.4. The number of hydrogen-bond donors (Lipinski definition) is 3. The predicted molar refractivity (Wildman–Crippen MR) is 141 cm³/mol. The lowest BCUT2D eigenvalue weighted by Crippen LogP contribution is -2.15. The normalized spacial score (nSPS) is 20.0. The summed E-state index contributed by atoms with van der Waals surface area (Å²) in [4.78, 5) is 37.3. The van der Waals surface area contributed by atoms with Crippen molar-refractivity contribution in [3.05, 3.63) is 84.1 Å². The molecular weight excluding hydrogens is 504 g/mol. The monoisotopic (exact) mass is 529 g/mol. The molecule has 3 unspecified atom stereocenters. The molecule has 3 atom stereocenters. The lowest BCUT2D eigenvalue weighted by atomic mass is 9.94. The molecule has 0 spiro atoms. The number of imidazole rings is 1. The zero-order chi connectivity index (χ0) is 27.1. The van der Waals surface area contributed by atoms with Crippen LogP contribution in [0.25, 0.3) is 22.4 Å². The van der Waals surface area contributed by atoms with E-state index >= 15 is 0 Å². The maximum Gasteiger partial charge on any atom is 0.411 e. The Morgan fingerprint density at radius 3 is 2.59 bits per heavy atom. The maximum absolute atomic E-state index is 14.3. The fourth-order valence-electron chi connectivity index (χ4n) is 5.28. The first-order valence-electron chi connectivity index (χ1n) is 12.6. The van der Waals surface area contributed by atoms with Crippen molar-refractivity contribution in [3.63, 3.8) is 0 Å². The highest BCUT2D eigenvalue weighted by Crippen LogP contribution is 2.49. The van der Waals surface area contributed by atoms with Crippen LogP contribution >= 0.6 is 0 Å². The second kappa shape index (κ2) is 9.94. The predicted octanol–water partition coefficient (Wildman–Crippen LogP) is 6.10. The minimum Gasteiger partial charge on any atom is -0.453 e. The zero-order valence-corrected chi connectivity index (χ0v) is 21.0. The molecule has 2 amide bonds. The van der Waals surface area contributed by atoms with Gasteiger partial charge in [0.1, 0.15) is 17.5 Å². The van der Waals surface area contributed by atoms with E-state index in [2.05, 4.69) is 30.3 Å². The topological polar surface area (TPSA) is 109 Å². The van der Waals surface area contributed by atoms with E-state index in [0.29, 0.717) is 46.4 Å². The number of fused-ring (bicyclic) bond motifs is 5. The third-order valence-electron chi connectivity index (χ3n) is 7.39. The second-order valence-electron chi connectivity index (χ2n) is 9.92. The van der Waals surface area contributed by atoms with E-state index in [1.54, 1.807) is 36.5 Å². The van der Waals surface area contributed by atoms with E-state index in [0.717, 1.165) is 18.5 Å². The fourth-order valence-corrected chi connectivity index (χ4v) is 5.28. The van der Waals surface area contributed by atoms with Gasteiger partial charge >= 0.3 is 6.09 Å². The van der Waals surface area contributed by atoms with Gasteiger partial charge in [-0.25, -0.2) is 18.6 Å². The van der Waals surface area contributed by atoms with Gasteiger partial charge in [0.05, 0.1) is 41.9 Å². The van der Waals surface area contributed by atoms with Gasteiger partial charge in [0.25, 0.3) is 0 Å². The number of nitrogens with one attached hydrogen (secondary N) is 3. The van der Waals surface area contributed by atoms with Crippen molar-refractivity contribution in [2.24, 2.45) is 11.8 Å². The molecule has 10 heteroatoms. The molecule has 2 bridgehead atoms. The lowest BCUT2D eigenvalue weighted by molar-refractivity contribution is -0.116. The number of ether oxygens (including phenoxy) is 1. The van der Waals surface area contributed by atoms with Gasteiger partial charge in [-0.2, -0.15) is 0 Å². The summed E-state index contributed by atoms with van der Waals surface area (Å²) in [7, 11) is 1.28. The number of nitrogens with zero attached hydrogens (tertiary/aromatic N) is 2. The Bertz CT molecular complexity index is 1550. The van der Waals surface area contributed by atoms with E-state index in [1.807, 2.05) is 0 Å². The van der Waals surface area contributed by atoms with Crippen LogP contribution < -0.4 is 10.6 Å². The Balaban J connectivity index is 1.37. The van der Waals surface area contributed by atoms with Crippen molar-refractivity contribution in [2.45, 2.75) is 25.2 Å². The highest BCUT2D eigenvalue weighted by molar-refractivity contribution is 5.97. The van der Waals surface area contributed by atoms with Gasteiger partial charge in [-0.1, -0.05) is 12.1 Å². The Labute approximate surface area is 222 Å². The molecule has 6 rings (SSSR count). The van der Waals surface area contributed by atoms with Crippen LogP contribution in [0.5, 0.6) is 0 Å². The molecule has 4 aromatic rings. The molecule has 1 fully saturated rings. The summed E-state index contributed by atoms with van der Waals surface area (Å²) in [5, 5.41) is 5.61. The van der Waals surface area contributed by atoms with Crippen molar-refractivity contribution < 1.29 is 23.1 Å². The number of H-pyrrole nitrogens is 1. The summed E-state index contributed by atoms with van der Waals surface area (Å²) >= 11 is 0. The maximum atomic E-state index is 14.3. The number of methoxy groups -OCH3 is 1. The van der Waals surface area contributed by atoms with Crippen molar-refractivity contribution in [2.75, 3.05) is 17.7 Å². The summed E-state index contributed by atoms with van der Waals surface area (Å²) in [5.41, 5.74) is 3.38. The number of aromatic amines is 1. The van der Waals surface area contributed by atoms with Gasteiger partial charge in [0.2, 0.25) is 5.91 Å². The highest BCUT2D eigenvalue weighted by atomic mass is 19.1. The van der Waals surface area contributed by atoms with Crippen molar-refractivity contribution in [1.82, 2.24) is 15.0 Å². The molecule has 2 aromatic carbocycles. The molecule has 39 heavy (non-hydrogen) atoms. The average molecular weight is 530 g/mol.